The molecule has 1 amide bonds. The number of carbonyl (C=O) groups is 1. The molecule has 2 unspecified atom stereocenters. The molecule has 4 nitrogen and oxygen atoms in total. The van der Waals surface area contributed by atoms with E-state index in [1.165, 1.54) is 51.4 Å². The monoisotopic (exact) mass is 344 g/mol. The summed E-state index contributed by atoms with van der Waals surface area (Å²) in [5.74, 6) is 1.56. The molecule has 0 heterocycles. The normalized spacial score (nSPS) is 34.5. The highest BCUT2D eigenvalue weighted by molar-refractivity contribution is 5.85. The van der Waals surface area contributed by atoms with Crippen molar-refractivity contribution in [1.82, 2.24) is 5.32 Å². The van der Waals surface area contributed by atoms with Crippen LogP contribution in [0.15, 0.2) is 0 Å². The highest BCUT2D eigenvalue weighted by Gasteiger charge is 2.40. The number of rotatable bonds is 5. The van der Waals surface area contributed by atoms with Crippen molar-refractivity contribution < 1.29 is 9.53 Å². The van der Waals surface area contributed by atoms with Crippen LogP contribution in [0.3, 0.4) is 0 Å². The second kappa shape index (κ2) is 9.24. The summed E-state index contributed by atoms with van der Waals surface area (Å²) in [6.45, 7) is 1.32. The molecule has 0 aromatic rings. The Hall–Kier alpha value is -0.320. The lowest BCUT2D eigenvalue weighted by Crippen LogP contribution is -2.49. The Morgan fingerprint density at radius 1 is 1.00 bits per heavy atom. The Kier molecular flexibility index (Phi) is 7.64. The van der Waals surface area contributed by atoms with Crippen LogP contribution in [0.1, 0.15) is 64.2 Å². The molecule has 0 radical (unpaired) electrons. The topological polar surface area (TPSA) is 64.4 Å². The highest BCUT2D eigenvalue weighted by atomic mass is 35.5. The third-order valence-corrected chi connectivity index (χ3v) is 6.09. The van der Waals surface area contributed by atoms with Gasteiger partial charge in [0.25, 0.3) is 0 Å². The molecule has 3 aliphatic carbocycles. The van der Waals surface area contributed by atoms with Crippen LogP contribution in [0.4, 0.5) is 0 Å². The van der Waals surface area contributed by atoms with Crippen molar-refractivity contribution in [1.29, 1.82) is 0 Å². The SMILES string of the molecule is Cl.NC1C2CCCC1CC(C(=O)NCCOC1CCCCC1)C2. The summed E-state index contributed by atoms with van der Waals surface area (Å²) >= 11 is 0. The van der Waals surface area contributed by atoms with Gasteiger partial charge in [0.05, 0.1) is 12.7 Å². The fraction of sp³-hybridized carbons (Fsp3) is 0.944. The van der Waals surface area contributed by atoms with Crippen LogP contribution in [0.2, 0.25) is 0 Å². The average Bonchev–Trinajstić information content (AvgIpc) is 2.52. The summed E-state index contributed by atoms with van der Waals surface area (Å²) < 4.78 is 5.88. The number of amides is 1. The van der Waals surface area contributed by atoms with Crippen LogP contribution in [-0.4, -0.2) is 31.2 Å². The molecule has 3 fully saturated rings. The van der Waals surface area contributed by atoms with Crippen molar-refractivity contribution in [3.63, 3.8) is 0 Å². The molecule has 0 aliphatic heterocycles. The Labute approximate surface area is 146 Å². The van der Waals surface area contributed by atoms with Crippen molar-refractivity contribution in [2.45, 2.75) is 76.4 Å². The van der Waals surface area contributed by atoms with Crippen LogP contribution in [0.25, 0.3) is 0 Å². The lowest BCUT2D eigenvalue weighted by molar-refractivity contribution is -0.128. The fourth-order valence-corrected chi connectivity index (χ4v) is 4.78. The lowest BCUT2D eigenvalue weighted by atomic mass is 9.65. The van der Waals surface area contributed by atoms with Gasteiger partial charge >= 0.3 is 0 Å². The van der Waals surface area contributed by atoms with Gasteiger partial charge in [-0.3, -0.25) is 4.79 Å². The zero-order valence-corrected chi connectivity index (χ0v) is 15.0. The van der Waals surface area contributed by atoms with Crippen molar-refractivity contribution in [3.8, 4) is 0 Å². The molecule has 0 spiro atoms. The molecule has 0 saturated heterocycles. The Bertz CT molecular complexity index is 360. The Balaban J connectivity index is 0.00000192. The number of nitrogens with one attached hydrogen (secondary N) is 1. The maximum absolute atomic E-state index is 12.4. The summed E-state index contributed by atoms with van der Waals surface area (Å²) in [6.07, 6.45) is 12.5. The standard InChI is InChI=1S/C18H32N2O2.ClH/c19-17-13-5-4-6-14(17)12-15(11-13)18(21)20-9-10-22-16-7-2-1-3-8-16;/h13-17H,1-12,19H2,(H,20,21);1H. The molecule has 5 heteroatoms. The predicted octanol–water partition coefficient (Wildman–Crippen LogP) is 3.03. The van der Waals surface area contributed by atoms with Gasteiger partial charge in [0, 0.05) is 18.5 Å². The van der Waals surface area contributed by atoms with Gasteiger partial charge in [0.1, 0.15) is 0 Å². The smallest absolute Gasteiger partial charge is 0.223 e. The summed E-state index contributed by atoms with van der Waals surface area (Å²) in [5.41, 5.74) is 6.30. The van der Waals surface area contributed by atoms with Gasteiger partial charge in [-0.05, 0) is 50.4 Å². The molecule has 2 bridgehead atoms. The maximum Gasteiger partial charge on any atom is 0.223 e. The molecule has 3 rings (SSSR count). The van der Waals surface area contributed by atoms with E-state index in [2.05, 4.69) is 5.32 Å². The van der Waals surface area contributed by atoms with Crippen LogP contribution in [0, 0.1) is 17.8 Å². The molecule has 2 atom stereocenters. The number of fused-ring (bicyclic) bond motifs is 2. The van der Waals surface area contributed by atoms with Crippen LogP contribution < -0.4 is 11.1 Å². The van der Waals surface area contributed by atoms with Crippen molar-refractivity contribution in [3.05, 3.63) is 0 Å². The average molecular weight is 345 g/mol. The van der Waals surface area contributed by atoms with Crippen LogP contribution in [0.5, 0.6) is 0 Å². The van der Waals surface area contributed by atoms with Crippen LogP contribution in [-0.2, 0) is 9.53 Å². The molecule has 3 aliphatic rings. The number of carbonyl (C=O) groups excluding carboxylic acids is 1. The summed E-state index contributed by atoms with van der Waals surface area (Å²) in [4.78, 5) is 12.4. The minimum Gasteiger partial charge on any atom is -0.376 e. The molecule has 3 N–H and O–H groups in total. The number of ether oxygens (including phenoxy) is 1. The minimum atomic E-state index is 0. The van der Waals surface area contributed by atoms with E-state index in [0.717, 1.165) is 12.8 Å². The Morgan fingerprint density at radius 3 is 2.30 bits per heavy atom. The molecule has 0 aromatic heterocycles. The fourth-order valence-electron chi connectivity index (χ4n) is 4.78. The quantitative estimate of drug-likeness (QED) is 0.753. The van der Waals surface area contributed by atoms with Gasteiger partial charge in [-0.2, -0.15) is 0 Å². The second-order valence-corrected chi connectivity index (χ2v) is 7.62. The van der Waals surface area contributed by atoms with Crippen molar-refractivity contribution >= 4 is 18.3 Å². The van der Waals surface area contributed by atoms with E-state index in [-0.39, 0.29) is 24.2 Å². The van der Waals surface area contributed by atoms with Gasteiger partial charge in [-0.15, -0.1) is 12.4 Å². The van der Waals surface area contributed by atoms with Crippen molar-refractivity contribution in [2.75, 3.05) is 13.2 Å². The number of hydrogen-bond donors (Lipinski definition) is 2. The zero-order chi connectivity index (χ0) is 15.4. The van der Waals surface area contributed by atoms with E-state index in [4.69, 9.17) is 10.5 Å². The van der Waals surface area contributed by atoms with E-state index in [1.54, 1.807) is 0 Å². The first-order valence-electron chi connectivity index (χ1n) is 9.39. The minimum absolute atomic E-state index is 0. The summed E-state index contributed by atoms with van der Waals surface area (Å²) in [5, 5.41) is 3.09. The number of halogens is 1. The van der Waals surface area contributed by atoms with E-state index in [1.807, 2.05) is 0 Å². The zero-order valence-electron chi connectivity index (χ0n) is 14.2. The first-order valence-corrected chi connectivity index (χ1v) is 9.39. The van der Waals surface area contributed by atoms with Gasteiger partial charge in [0.2, 0.25) is 5.91 Å². The molecule has 134 valence electrons. The molecular formula is C18H33ClN2O2. The van der Waals surface area contributed by atoms with Gasteiger partial charge in [-0.1, -0.05) is 25.7 Å². The van der Waals surface area contributed by atoms with Crippen LogP contribution >= 0.6 is 12.4 Å². The number of nitrogens with two attached hydrogens (primary N) is 1. The van der Waals surface area contributed by atoms with Crippen molar-refractivity contribution in [2.24, 2.45) is 23.5 Å². The first-order chi connectivity index (χ1) is 10.7. The van der Waals surface area contributed by atoms with Gasteiger partial charge in [-0.25, -0.2) is 0 Å². The van der Waals surface area contributed by atoms with Gasteiger partial charge < -0.3 is 15.8 Å². The van der Waals surface area contributed by atoms with E-state index >= 15 is 0 Å². The summed E-state index contributed by atoms with van der Waals surface area (Å²) in [6, 6.07) is 0.340. The third-order valence-electron chi connectivity index (χ3n) is 6.09. The number of hydrogen-bond acceptors (Lipinski definition) is 3. The molecular weight excluding hydrogens is 312 g/mol. The molecule has 23 heavy (non-hydrogen) atoms. The Morgan fingerprint density at radius 2 is 1.65 bits per heavy atom. The lowest BCUT2D eigenvalue weighted by Gasteiger charge is -2.43. The maximum atomic E-state index is 12.4. The first kappa shape index (κ1) is 19.0. The molecule has 3 saturated carbocycles. The van der Waals surface area contributed by atoms with E-state index in [0.29, 0.717) is 37.1 Å². The van der Waals surface area contributed by atoms with E-state index < -0.39 is 0 Å². The highest BCUT2D eigenvalue weighted by Crippen LogP contribution is 2.41. The van der Waals surface area contributed by atoms with Gasteiger partial charge in [0.15, 0.2) is 0 Å². The molecule has 0 aromatic carbocycles. The third kappa shape index (κ3) is 5.07. The van der Waals surface area contributed by atoms with E-state index in [9.17, 15) is 4.79 Å². The predicted molar refractivity (Wildman–Crippen MR) is 94.6 cm³/mol. The summed E-state index contributed by atoms with van der Waals surface area (Å²) in [7, 11) is 0. The second-order valence-electron chi connectivity index (χ2n) is 7.62. The largest absolute Gasteiger partial charge is 0.376 e.